The van der Waals surface area contributed by atoms with Gasteiger partial charge in [-0.05, 0) is 17.7 Å². The number of nitrogens with zero attached hydrogens (tertiary/aromatic N) is 1. The summed E-state index contributed by atoms with van der Waals surface area (Å²) in [6.45, 7) is 3.20. The van der Waals surface area contributed by atoms with E-state index in [2.05, 4.69) is 4.90 Å². The van der Waals surface area contributed by atoms with E-state index in [0.29, 0.717) is 11.9 Å². The second kappa shape index (κ2) is 5.82. The average molecular weight is 287 g/mol. The van der Waals surface area contributed by atoms with Gasteiger partial charge in [0.1, 0.15) is 0 Å². The highest BCUT2D eigenvalue weighted by Gasteiger charge is 2.34. The van der Waals surface area contributed by atoms with Crippen LogP contribution in [0.3, 0.4) is 0 Å². The minimum absolute atomic E-state index is 0.105. The zero-order chi connectivity index (χ0) is 14.7. The number of halogens is 1. The third-order valence-electron chi connectivity index (χ3n) is 4.00. The third-order valence-corrected chi connectivity index (χ3v) is 4.00. The minimum atomic E-state index is -1.91. The Hall–Kier alpha value is -1.94. The highest BCUT2D eigenvalue weighted by atomic mass is 19.1. The predicted octanol–water partition coefficient (Wildman–Crippen LogP) is 2.77. The molecule has 0 radical (unpaired) electrons. The monoisotopic (exact) mass is 287 g/mol. The normalized spacial score (nSPS) is 25.6. The number of morpholine rings is 1. The van der Waals surface area contributed by atoms with Gasteiger partial charge in [-0.15, -0.1) is 0 Å². The largest absolute Gasteiger partial charge is 0.378 e. The molecule has 0 spiro atoms. The fourth-order valence-corrected chi connectivity index (χ4v) is 2.77. The second-order valence-corrected chi connectivity index (χ2v) is 5.34. The molecule has 110 valence electrons. The van der Waals surface area contributed by atoms with Gasteiger partial charge in [-0.2, -0.15) is 0 Å². The number of carbonyl (C=O) groups excluding carboxylic acids is 1. The molecule has 2 aliphatic rings. The van der Waals surface area contributed by atoms with Crippen molar-refractivity contribution in [3.8, 4) is 0 Å². The molecule has 1 aromatic carbocycles. The number of aldehydes is 1. The van der Waals surface area contributed by atoms with Crippen molar-refractivity contribution in [1.29, 1.82) is 0 Å². The first kappa shape index (κ1) is 14.0. The van der Waals surface area contributed by atoms with Crippen molar-refractivity contribution in [2.24, 2.45) is 0 Å². The number of benzene rings is 1. The summed E-state index contributed by atoms with van der Waals surface area (Å²) < 4.78 is 19.9. The Labute approximate surface area is 123 Å². The molecule has 21 heavy (non-hydrogen) atoms. The molecule has 0 amide bonds. The molecule has 0 saturated carbocycles. The predicted molar refractivity (Wildman–Crippen MR) is 81.1 cm³/mol. The summed E-state index contributed by atoms with van der Waals surface area (Å²) in [5.74, 6) is 0. The number of carbonyl (C=O) groups is 1. The molecule has 0 aromatic heterocycles. The summed E-state index contributed by atoms with van der Waals surface area (Å²) in [7, 11) is 0. The second-order valence-electron chi connectivity index (χ2n) is 5.34. The van der Waals surface area contributed by atoms with Crippen LogP contribution >= 0.6 is 0 Å². The Balaban J connectivity index is 1.85. The van der Waals surface area contributed by atoms with Crippen LogP contribution in [0.4, 0.5) is 10.1 Å². The fourth-order valence-electron chi connectivity index (χ4n) is 2.77. The number of ether oxygens (including phenoxy) is 1. The Morgan fingerprint density at radius 2 is 1.90 bits per heavy atom. The van der Waals surface area contributed by atoms with Crippen molar-refractivity contribution in [2.45, 2.75) is 12.1 Å². The van der Waals surface area contributed by atoms with Gasteiger partial charge in [-0.25, -0.2) is 4.39 Å². The summed E-state index contributed by atoms with van der Waals surface area (Å²) in [5, 5.41) is 0. The van der Waals surface area contributed by atoms with Crippen LogP contribution in [0.2, 0.25) is 0 Å². The van der Waals surface area contributed by atoms with Gasteiger partial charge < -0.3 is 9.64 Å². The smallest absolute Gasteiger partial charge is 0.194 e. The molecule has 1 aromatic rings. The van der Waals surface area contributed by atoms with E-state index in [1.807, 2.05) is 24.3 Å². The molecule has 1 heterocycles. The number of hydrogen-bond donors (Lipinski definition) is 0. The quantitative estimate of drug-likeness (QED) is 0.801. The highest BCUT2D eigenvalue weighted by Crippen LogP contribution is 2.36. The third kappa shape index (κ3) is 2.76. The van der Waals surface area contributed by atoms with Crippen LogP contribution < -0.4 is 4.90 Å². The Bertz CT molecular complexity index is 573. The summed E-state index contributed by atoms with van der Waals surface area (Å²) >= 11 is 0. The number of alkyl halides is 1. The number of rotatable bonds is 3. The lowest BCUT2D eigenvalue weighted by Crippen LogP contribution is -2.36. The first-order valence-electron chi connectivity index (χ1n) is 7.19. The van der Waals surface area contributed by atoms with Crippen molar-refractivity contribution in [3.63, 3.8) is 0 Å². The van der Waals surface area contributed by atoms with Crippen molar-refractivity contribution >= 4 is 17.5 Å². The van der Waals surface area contributed by atoms with Crippen LogP contribution in [-0.4, -0.2) is 38.3 Å². The van der Waals surface area contributed by atoms with E-state index in [0.717, 1.165) is 37.6 Å². The van der Waals surface area contributed by atoms with Gasteiger partial charge in [0.25, 0.3) is 0 Å². The Kier molecular flexibility index (Phi) is 3.88. The summed E-state index contributed by atoms with van der Waals surface area (Å²) in [6, 6.07) is 7.72. The molecule has 1 atom stereocenters. The minimum Gasteiger partial charge on any atom is -0.378 e. The van der Waals surface area contributed by atoms with Crippen molar-refractivity contribution in [3.05, 3.63) is 48.1 Å². The first-order chi connectivity index (χ1) is 10.2. The molecule has 1 saturated heterocycles. The van der Waals surface area contributed by atoms with E-state index in [4.69, 9.17) is 4.74 Å². The van der Waals surface area contributed by atoms with Crippen molar-refractivity contribution in [1.82, 2.24) is 0 Å². The van der Waals surface area contributed by atoms with Gasteiger partial charge in [-0.1, -0.05) is 30.4 Å². The van der Waals surface area contributed by atoms with Gasteiger partial charge in [0.2, 0.25) is 0 Å². The molecule has 3 nitrogen and oxygen atoms in total. The average Bonchev–Trinajstić information content (AvgIpc) is 2.56. The fraction of sp³-hybridized carbons (Fsp3) is 0.353. The Morgan fingerprint density at radius 3 is 2.57 bits per heavy atom. The topological polar surface area (TPSA) is 29.5 Å². The molecule has 3 rings (SSSR count). The van der Waals surface area contributed by atoms with Crippen LogP contribution in [0, 0.1) is 0 Å². The summed E-state index contributed by atoms with van der Waals surface area (Å²) in [5.41, 5.74) is 0.388. The van der Waals surface area contributed by atoms with Crippen molar-refractivity contribution < 1.29 is 13.9 Å². The van der Waals surface area contributed by atoms with Crippen LogP contribution in [0.1, 0.15) is 12.0 Å². The standard InChI is InChI=1S/C17H18FNO2/c18-17(13-20)8-2-1-3-16(17)14-4-6-15(7-5-14)19-9-11-21-12-10-19/h1-7,13H,8-12H2. The van der Waals surface area contributed by atoms with E-state index >= 15 is 0 Å². The number of allylic oxidation sites excluding steroid dienone is 4. The molecule has 4 heteroatoms. The molecule has 1 fully saturated rings. The zero-order valence-corrected chi connectivity index (χ0v) is 11.8. The zero-order valence-electron chi connectivity index (χ0n) is 11.8. The van der Waals surface area contributed by atoms with Crippen LogP contribution in [-0.2, 0) is 9.53 Å². The maximum atomic E-state index is 14.6. The highest BCUT2D eigenvalue weighted by molar-refractivity contribution is 5.90. The molecular weight excluding hydrogens is 269 g/mol. The van der Waals surface area contributed by atoms with Gasteiger partial charge in [-0.3, -0.25) is 4.79 Å². The van der Waals surface area contributed by atoms with Crippen LogP contribution in [0.15, 0.2) is 42.5 Å². The summed E-state index contributed by atoms with van der Waals surface area (Å²) in [6.07, 6.45) is 5.67. The maximum Gasteiger partial charge on any atom is 0.194 e. The molecular formula is C17H18FNO2. The molecule has 0 N–H and O–H groups in total. The van der Waals surface area contributed by atoms with Crippen molar-refractivity contribution in [2.75, 3.05) is 31.2 Å². The van der Waals surface area contributed by atoms with E-state index in [-0.39, 0.29) is 6.42 Å². The van der Waals surface area contributed by atoms with E-state index in [1.54, 1.807) is 18.2 Å². The van der Waals surface area contributed by atoms with E-state index in [1.165, 1.54) is 0 Å². The van der Waals surface area contributed by atoms with Gasteiger partial charge in [0, 0.05) is 30.8 Å². The molecule has 1 aliphatic heterocycles. The SMILES string of the molecule is O=CC1(F)CC=CC=C1c1ccc(N2CCOCC2)cc1. The van der Waals surface area contributed by atoms with Crippen LogP contribution in [0.25, 0.3) is 5.57 Å². The van der Waals surface area contributed by atoms with Gasteiger partial charge in [0.15, 0.2) is 12.0 Å². The lowest BCUT2D eigenvalue weighted by Gasteiger charge is -2.29. The maximum absolute atomic E-state index is 14.6. The van der Waals surface area contributed by atoms with Gasteiger partial charge >= 0.3 is 0 Å². The summed E-state index contributed by atoms with van der Waals surface area (Å²) in [4.78, 5) is 13.3. The van der Waals surface area contributed by atoms with Crippen LogP contribution in [0.5, 0.6) is 0 Å². The number of anilines is 1. The van der Waals surface area contributed by atoms with E-state index in [9.17, 15) is 9.18 Å². The van der Waals surface area contributed by atoms with E-state index < -0.39 is 5.67 Å². The number of hydrogen-bond acceptors (Lipinski definition) is 3. The molecule has 1 unspecified atom stereocenters. The first-order valence-corrected chi connectivity index (χ1v) is 7.19. The Morgan fingerprint density at radius 1 is 1.19 bits per heavy atom. The van der Waals surface area contributed by atoms with Gasteiger partial charge in [0.05, 0.1) is 13.2 Å². The molecule has 0 bridgehead atoms. The lowest BCUT2D eigenvalue weighted by molar-refractivity contribution is -0.114. The molecule has 1 aliphatic carbocycles. The lowest BCUT2D eigenvalue weighted by atomic mass is 9.85.